The van der Waals surface area contributed by atoms with Gasteiger partial charge < -0.3 is 10.2 Å². The van der Waals surface area contributed by atoms with Crippen LogP contribution >= 0.6 is 0 Å². The lowest BCUT2D eigenvalue weighted by Crippen LogP contribution is -2.26. The second kappa shape index (κ2) is 7.49. The summed E-state index contributed by atoms with van der Waals surface area (Å²) in [6, 6.07) is 6.00. The number of nitrogens with zero attached hydrogens (tertiary/aromatic N) is 3. The van der Waals surface area contributed by atoms with Gasteiger partial charge in [-0.05, 0) is 31.5 Å². The minimum Gasteiger partial charge on any atom is -0.348 e. The van der Waals surface area contributed by atoms with E-state index in [0.29, 0.717) is 18.1 Å². The first-order valence-corrected chi connectivity index (χ1v) is 7.23. The van der Waals surface area contributed by atoms with Crippen molar-refractivity contribution in [2.24, 2.45) is 0 Å². The second-order valence-electron chi connectivity index (χ2n) is 4.75. The molecule has 0 spiro atoms. The predicted molar refractivity (Wildman–Crippen MR) is 83.2 cm³/mol. The summed E-state index contributed by atoms with van der Waals surface area (Å²) in [6.07, 6.45) is 3.03. The lowest BCUT2D eigenvalue weighted by atomic mass is 10.2. The average molecular weight is 302 g/mol. The molecule has 0 aliphatic carbocycles. The number of anilines is 1. The predicted octanol–water partition coefficient (Wildman–Crippen LogP) is 2.39. The molecule has 116 valence electrons. The van der Waals surface area contributed by atoms with Crippen molar-refractivity contribution >= 4 is 11.9 Å². The molecule has 1 aromatic heterocycles. The largest absolute Gasteiger partial charge is 0.348 e. The smallest absolute Gasteiger partial charge is 0.254 e. The lowest BCUT2D eigenvalue weighted by molar-refractivity contribution is 0.0950. The molecule has 0 aliphatic rings. The molecule has 0 bridgehead atoms. The molecule has 2 aromatic rings. The van der Waals surface area contributed by atoms with E-state index < -0.39 is 0 Å². The van der Waals surface area contributed by atoms with Crippen LogP contribution in [0.4, 0.5) is 10.3 Å². The summed E-state index contributed by atoms with van der Waals surface area (Å²) in [5.41, 5.74) is 1.23. The van der Waals surface area contributed by atoms with Gasteiger partial charge in [-0.1, -0.05) is 12.1 Å². The molecule has 1 aromatic carbocycles. The van der Waals surface area contributed by atoms with Crippen LogP contribution in [0.25, 0.3) is 0 Å². The fraction of sp³-hybridized carbons (Fsp3) is 0.312. The van der Waals surface area contributed by atoms with Crippen LogP contribution in [0.3, 0.4) is 0 Å². The number of halogens is 1. The number of hydrogen-bond donors (Lipinski definition) is 1. The fourth-order valence-electron chi connectivity index (χ4n) is 1.99. The van der Waals surface area contributed by atoms with E-state index in [1.54, 1.807) is 12.1 Å². The van der Waals surface area contributed by atoms with Crippen LogP contribution in [0.15, 0.2) is 36.7 Å². The van der Waals surface area contributed by atoms with Crippen LogP contribution in [-0.2, 0) is 6.54 Å². The molecule has 0 saturated carbocycles. The average Bonchev–Trinajstić information content (AvgIpc) is 2.56. The van der Waals surface area contributed by atoms with E-state index in [0.717, 1.165) is 18.7 Å². The molecule has 22 heavy (non-hydrogen) atoms. The minimum absolute atomic E-state index is 0.254. The van der Waals surface area contributed by atoms with E-state index in [4.69, 9.17) is 0 Å². The molecule has 0 fully saturated rings. The van der Waals surface area contributed by atoms with Crippen LogP contribution in [-0.4, -0.2) is 29.0 Å². The van der Waals surface area contributed by atoms with Gasteiger partial charge >= 0.3 is 0 Å². The Bertz CT molecular complexity index is 609. The first-order chi connectivity index (χ1) is 10.6. The highest BCUT2D eigenvalue weighted by molar-refractivity contribution is 5.93. The molecule has 0 saturated heterocycles. The van der Waals surface area contributed by atoms with Crippen molar-refractivity contribution in [3.63, 3.8) is 0 Å². The molecule has 6 heteroatoms. The van der Waals surface area contributed by atoms with Gasteiger partial charge in [0.1, 0.15) is 5.82 Å². The topological polar surface area (TPSA) is 58.1 Å². The van der Waals surface area contributed by atoms with Crippen LogP contribution in [0, 0.1) is 5.82 Å². The molecule has 0 aliphatic heterocycles. The first-order valence-electron chi connectivity index (χ1n) is 7.23. The van der Waals surface area contributed by atoms with Crippen LogP contribution in [0.1, 0.15) is 29.8 Å². The summed E-state index contributed by atoms with van der Waals surface area (Å²) in [5.74, 6) is 0.0611. The maximum Gasteiger partial charge on any atom is 0.254 e. The Labute approximate surface area is 129 Å². The number of aromatic nitrogens is 2. The molecular formula is C16H19FN4O. The summed E-state index contributed by atoms with van der Waals surface area (Å²) >= 11 is 0. The summed E-state index contributed by atoms with van der Waals surface area (Å²) in [7, 11) is 0. The standard InChI is InChI=1S/C16H19FN4O/c1-3-21(4-2)16-19-10-13(11-20-16)15(22)18-9-12-5-7-14(17)8-6-12/h5-8,10-11H,3-4,9H2,1-2H3,(H,18,22). The van der Waals surface area contributed by atoms with Crippen molar-refractivity contribution in [2.75, 3.05) is 18.0 Å². The molecule has 1 amide bonds. The molecule has 2 rings (SSSR count). The van der Waals surface area contributed by atoms with Gasteiger partial charge in [-0.15, -0.1) is 0 Å². The fourth-order valence-corrected chi connectivity index (χ4v) is 1.99. The van der Waals surface area contributed by atoms with Crippen molar-refractivity contribution in [1.82, 2.24) is 15.3 Å². The zero-order valence-corrected chi connectivity index (χ0v) is 12.7. The van der Waals surface area contributed by atoms with E-state index in [2.05, 4.69) is 15.3 Å². The van der Waals surface area contributed by atoms with E-state index >= 15 is 0 Å². The van der Waals surface area contributed by atoms with Gasteiger partial charge in [-0.25, -0.2) is 14.4 Å². The molecule has 1 heterocycles. The normalized spacial score (nSPS) is 10.3. The van der Waals surface area contributed by atoms with Gasteiger partial charge in [0.15, 0.2) is 0 Å². The van der Waals surface area contributed by atoms with Crippen molar-refractivity contribution in [1.29, 1.82) is 0 Å². The Morgan fingerprint density at radius 3 is 2.27 bits per heavy atom. The monoisotopic (exact) mass is 302 g/mol. The van der Waals surface area contributed by atoms with Crippen molar-refractivity contribution < 1.29 is 9.18 Å². The highest BCUT2D eigenvalue weighted by Gasteiger charge is 2.09. The third-order valence-corrected chi connectivity index (χ3v) is 3.31. The highest BCUT2D eigenvalue weighted by atomic mass is 19.1. The number of nitrogens with one attached hydrogen (secondary N) is 1. The molecule has 0 atom stereocenters. The van der Waals surface area contributed by atoms with E-state index in [1.165, 1.54) is 24.5 Å². The summed E-state index contributed by atoms with van der Waals surface area (Å²) in [5, 5.41) is 2.76. The van der Waals surface area contributed by atoms with Gasteiger partial charge in [0.2, 0.25) is 5.95 Å². The van der Waals surface area contributed by atoms with E-state index in [-0.39, 0.29) is 11.7 Å². The maximum atomic E-state index is 12.8. The van der Waals surface area contributed by atoms with Gasteiger partial charge in [0, 0.05) is 32.0 Å². The van der Waals surface area contributed by atoms with E-state index in [9.17, 15) is 9.18 Å². The highest BCUT2D eigenvalue weighted by Crippen LogP contribution is 2.07. The Balaban J connectivity index is 1.96. The number of rotatable bonds is 6. The van der Waals surface area contributed by atoms with Crippen molar-refractivity contribution in [2.45, 2.75) is 20.4 Å². The summed E-state index contributed by atoms with van der Waals surface area (Å²) in [6.45, 7) is 6.00. The van der Waals surface area contributed by atoms with Crippen LogP contribution in [0.2, 0.25) is 0 Å². The molecule has 0 radical (unpaired) electrons. The van der Waals surface area contributed by atoms with Gasteiger partial charge in [0.25, 0.3) is 5.91 Å². The number of amides is 1. The molecule has 5 nitrogen and oxygen atoms in total. The Hall–Kier alpha value is -2.50. The third-order valence-electron chi connectivity index (χ3n) is 3.31. The Morgan fingerprint density at radius 1 is 1.14 bits per heavy atom. The number of carbonyl (C=O) groups is 1. The maximum absolute atomic E-state index is 12.8. The molecular weight excluding hydrogens is 283 g/mol. The van der Waals surface area contributed by atoms with Crippen LogP contribution in [0.5, 0.6) is 0 Å². The third kappa shape index (κ3) is 4.00. The van der Waals surface area contributed by atoms with E-state index in [1.807, 2.05) is 18.7 Å². The molecule has 1 N–H and O–H groups in total. The van der Waals surface area contributed by atoms with Gasteiger partial charge in [0.05, 0.1) is 5.56 Å². The van der Waals surface area contributed by atoms with Crippen molar-refractivity contribution in [3.05, 3.63) is 53.6 Å². The number of benzene rings is 1. The Kier molecular flexibility index (Phi) is 5.41. The minimum atomic E-state index is -0.296. The second-order valence-corrected chi connectivity index (χ2v) is 4.75. The van der Waals surface area contributed by atoms with Crippen LogP contribution < -0.4 is 10.2 Å². The molecule has 0 unspecified atom stereocenters. The SMILES string of the molecule is CCN(CC)c1ncc(C(=O)NCc2ccc(F)cc2)cn1. The quantitative estimate of drug-likeness (QED) is 0.890. The van der Waals surface area contributed by atoms with Gasteiger partial charge in [-0.3, -0.25) is 4.79 Å². The summed E-state index contributed by atoms with van der Waals surface area (Å²) in [4.78, 5) is 22.5. The zero-order chi connectivity index (χ0) is 15.9. The first kappa shape index (κ1) is 15.9. The number of carbonyl (C=O) groups excluding carboxylic acids is 1. The number of hydrogen-bond acceptors (Lipinski definition) is 4. The van der Waals surface area contributed by atoms with Gasteiger partial charge in [-0.2, -0.15) is 0 Å². The Morgan fingerprint density at radius 2 is 1.73 bits per heavy atom. The van der Waals surface area contributed by atoms with Crippen molar-refractivity contribution in [3.8, 4) is 0 Å². The summed E-state index contributed by atoms with van der Waals surface area (Å²) < 4.78 is 12.8. The zero-order valence-electron chi connectivity index (χ0n) is 12.7. The lowest BCUT2D eigenvalue weighted by Gasteiger charge is -2.17.